The van der Waals surface area contributed by atoms with Crippen LogP contribution in [-0.2, 0) is 6.54 Å². The van der Waals surface area contributed by atoms with E-state index in [0.29, 0.717) is 17.3 Å². The van der Waals surface area contributed by atoms with Gasteiger partial charge in [-0.1, -0.05) is 16.8 Å². The summed E-state index contributed by atoms with van der Waals surface area (Å²) >= 11 is 5.81. The van der Waals surface area contributed by atoms with Crippen LogP contribution in [0.25, 0.3) is 5.69 Å². The number of hydrogen-bond acceptors (Lipinski definition) is 3. The molecule has 1 heterocycles. The molecule has 0 bridgehead atoms. The number of rotatable bonds is 3. The first-order valence-electron chi connectivity index (χ1n) is 5.96. The fourth-order valence-electron chi connectivity index (χ4n) is 1.53. The number of halogens is 2. The lowest BCUT2D eigenvalue weighted by Crippen LogP contribution is -2.35. The smallest absolute Gasteiger partial charge is 0.126 e. The molecule has 1 aromatic carbocycles. The van der Waals surface area contributed by atoms with Crippen LogP contribution in [-0.4, -0.2) is 20.5 Å². The maximum atomic E-state index is 13.3. The van der Waals surface area contributed by atoms with E-state index in [4.69, 9.17) is 11.6 Å². The van der Waals surface area contributed by atoms with Gasteiger partial charge in [-0.25, -0.2) is 9.07 Å². The fraction of sp³-hybridized carbons (Fsp3) is 0.385. The van der Waals surface area contributed by atoms with Crippen molar-refractivity contribution in [2.24, 2.45) is 0 Å². The van der Waals surface area contributed by atoms with Crippen molar-refractivity contribution in [1.29, 1.82) is 0 Å². The lowest BCUT2D eigenvalue weighted by Gasteiger charge is -2.19. The van der Waals surface area contributed by atoms with E-state index in [0.717, 1.165) is 5.69 Å². The van der Waals surface area contributed by atoms with Crippen molar-refractivity contribution in [3.63, 3.8) is 0 Å². The Morgan fingerprint density at radius 3 is 2.68 bits per heavy atom. The predicted octanol–water partition coefficient (Wildman–Crippen LogP) is 2.95. The molecule has 0 saturated heterocycles. The van der Waals surface area contributed by atoms with Gasteiger partial charge in [-0.05, 0) is 39.0 Å². The molecule has 1 aromatic heterocycles. The van der Waals surface area contributed by atoms with Crippen LogP contribution in [0.15, 0.2) is 24.4 Å². The van der Waals surface area contributed by atoms with Crippen LogP contribution in [0.1, 0.15) is 26.5 Å². The highest BCUT2D eigenvalue weighted by Crippen LogP contribution is 2.17. The monoisotopic (exact) mass is 282 g/mol. The summed E-state index contributed by atoms with van der Waals surface area (Å²) in [5.41, 5.74) is 1.35. The molecule has 0 aliphatic carbocycles. The van der Waals surface area contributed by atoms with Crippen LogP contribution in [0.3, 0.4) is 0 Å². The van der Waals surface area contributed by atoms with E-state index in [1.54, 1.807) is 12.3 Å². The molecule has 0 atom stereocenters. The summed E-state index contributed by atoms with van der Waals surface area (Å²) in [7, 11) is 0. The fourth-order valence-corrected chi connectivity index (χ4v) is 1.75. The molecule has 0 unspecified atom stereocenters. The minimum atomic E-state index is -0.396. The van der Waals surface area contributed by atoms with Crippen molar-refractivity contribution in [2.45, 2.75) is 32.9 Å². The maximum absolute atomic E-state index is 13.3. The standard InChI is InChI=1S/C13H16ClFN4/c1-13(2,3)16-7-11-8-19(18-17-11)12-5-9(14)4-10(15)6-12/h4-6,8,16H,7H2,1-3H3. The zero-order valence-corrected chi connectivity index (χ0v) is 11.9. The van der Waals surface area contributed by atoms with E-state index in [1.807, 2.05) is 0 Å². The molecule has 1 N–H and O–H groups in total. The molecule has 4 nitrogen and oxygen atoms in total. The molecule has 0 saturated carbocycles. The minimum absolute atomic E-state index is 0.00590. The normalized spacial score (nSPS) is 11.8. The van der Waals surface area contributed by atoms with Gasteiger partial charge in [0.1, 0.15) is 5.82 Å². The molecule has 0 aliphatic heterocycles. The first-order valence-corrected chi connectivity index (χ1v) is 6.34. The molecule has 19 heavy (non-hydrogen) atoms. The highest BCUT2D eigenvalue weighted by atomic mass is 35.5. The highest BCUT2D eigenvalue weighted by Gasteiger charge is 2.11. The van der Waals surface area contributed by atoms with Crippen molar-refractivity contribution in [1.82, 2.24) is 20.3 Å². The van der Waals surface area contributed by atoms with Gasteiger partial charge >= 0.3 is 0 Å². The van der Waals surface area contributed by atoms with Gasteiger partial charge in [-0.15, -0.1) is 5.10 Å². The van der Waals surface area contributed by atoms with E-state index in [9.17, 15) is 4.39 Å². The third-order valence-electron chi connectivity index (χ3n) is 2.45. The Balaban J connectivity index is 2.16. The molecule has 2 aromatic rings. The molecular formula is C13H16ClFN4. The van der Waals surface area contributed by atoms with Gasteiger partial charge in [0.05, 0.1) is 17.6 Å². The number of aromatic nitrogens is 3. The topological polar surface area (TPSA) is 42.7 Å². The Morgan fingerprint density at radius 2 is 2.05 bits per heavy atom. The van der Waals surface area contributed by atoms with Crippen molar-refractivity contribution < 1.29 is 4.39 Å². The Hall–Kier alpha value is -1.46. The molecular weight excluding hydrogens is 267 g/mol. The van der Waals surface area contributed by atoms with Gasteiger partial charge in [0.15, 0.2) is 0 Å². The third-order valence-corrected chi connectivity index (χ3v) is 2.67. The minimum Gasteiger partial charge on any atom is -0.306 e. The van der Waals surface area contributed by atoms with Gasteiger partial charge in [0, 0.05) is 17.1 Å². The SMILES string of the molecule is CC(C)(C)NCc1cn(-c2cc(F)cc(Cl)c2)nn1. The first-order chi connectivity index (χ1) is 8.83. The van der Waals surface area contributed by atoms with Crippen molar-refractivity contribution in [3.05, 3.63) is 40.9 Å². The van der Waals surface area contributed by atoms with Gasteiger partial charge in [0.25, 0.3) is 0 Å². The summed E-state index contributed by atoms with van der Waals surface area (Å²) < 4.78 is 14.8. The van der Waals surface area contributed by atoms with E-state index in [-0.39, 0.29) is 5.54 Å². The summed E-state index contributed by atoms with van der Waals surface area (Å²) in [5.74, 6) is -0.396. The zero-order chi connectivity index (χ0) is 14.0. The van der Waals surface area contributed by atoms with Crippen molar-refractivity contribution in [3.8, 4) is 5.69 Å². The van der Waals surface area contributed by atoms with Gasteiger partial charge < -0.3 is 5.32 Å². The van der Waals surface area contributed by atoms with E-state index < -0.39 is 5.82 Å². The van der Waals surface area contributed by atoms with E-state index in [2.05, 4.69) is 36.4 Å². The lowest BCUT2D eigenvalue weighted by molar-refractivity contribution is 0.421. The number of benzene rings is 1. The molecule has 0 fully saturated rings. The summed E-state index contributed by atoms with van der Waals surface area (Å²) in [4.78, 5) is 0. The number of hydrogen-bond donors (Lipinski definition) is 1. The van der Waals surface area contributed by atoms with Crippen LogP contribution in [0.2, 0.25) is 5.02 Å². The van der Waals surface area contributed by atoms with E-state index >= 15 is 0 Å². The highest BCUT2D eigenvalue weighted by molar-refractivity contribution is 6.30. The average molecular weight is 283 g/mol. The zero-order valence-electron chi connectivity index (χ0n) is 11.1. The second-order valence-corrected chi connectivity index (χ2v) is 5.82. The van der Waals surface area contributed by atoms with E-state index in [1.165, 1.54) is 16.8 Å². The Bertz CT molecular complexity index is 554. The quantitative estimate of drug-likeness (QED) is 0.941. The molecule has 0 amide bonds. The average Bonchev–Trinajstić information content (AvgIpc) is 2.72. The van der Waals surface area contributed by atoms with Crippen molar-refractivity contribution in [2.75, 3.05) is 0 Å². The Kier molecular flexibility index (Phi) is 3.87. The number of nitrogens with zero attached hydrogens (tertiary/aromatic N) is 3. The molecule has 6 heteroatoms. The van der Waals surface area contributed by atoms with Crippen LogP contribution in [0.4, 0.5) is 4.39 Å². The largest absolute Gasteiger partial charge is 0.306 e. The summed E-state index contributed by atoms with van der Waals surface area (Å²) in [6, 6.07) is 4.26. The number of nitrogens with one attached hydrogen (secondary N) is 1. The predicted molar refractivity (Wildman–Crippen MR) is 72.9 cm³/mol. The first kappa shape index (κ1) is 14.0. The lowest BCUT2D eigenvalue weighted by atomic mass is 10.1. The van der Waals surface area contributed by atoms with Crippen LogP contribution in [0.5, 0.6) is 0 Å². The summed E-state index contributed by atoms with van der Waals surface area (Å²) in [6.07, 6.45) is 1.75. The van der Waals surface area contributed by atoms with Gasteiger partial charge in [-0.2, -0.15) is 0 Å². The van der Waals surface area contributed by atoms with Crippen LogP contribution < -0.4 is 5.32 Å². The molecule has 0 spiro atoms. The van der Waals surface area contributed by atoms with Gasteiger partial charge in [0.2, 0.25) is 0 Å². The maximum Gasteiger partial charge on any atom is 0.126 e. The van der Waals surface area contributed by atoms with Gasteiger partial charge in [-0.3, -0.25) is 0 Å². The molecule has 0 radical (unpaired) electrons. The molecule has 2 rings (SSSR count). The Labute approximate surface area is 116 Å². The second-order valence-electron chi connectivity index (χ2n) is 5.39. The molecule has 102 valence electrons. The van der Waals surface area contributed by atoms with Crippen LogP contribution in [0, 0.1) is 5.82 Å². The Morgan fingerprint density at radius 1 is 1.32 bits per heavy atom. The van der Waals surface area contributed by atoms with Crippen LogP contribution >= 0.6 is 11.6 Å². The molecule has 0 aliphatic rings. The second kappa shape index (κ2) is 5.27. The third kappa shape index (κ3) is 4.01. The summed E-state index contributed by atoms with van der Waals surface area (Å²) in [5, 5.41) is 11.7. The van der Waals surface area contributed by atoms with Crippen molar-refractivity contribution >= 4 is 11.6 Å². The summed E-state index contributed by atoms with van der Waals surface area (Å²) in [6.45, 7) is 6.82.